The third-order valence-electron chi connectivity index (χ3n) is 2.44. The molecule has 1 N–H and O–H groups in total. The monoisotopic (exact) mass is 212 g/mol. The summed E-state index contributed by atoms with van der Waals surface area (Å²) in [6.45, 7) is 0. The van der Waals surface area contributed by atoms with Crippen LogP contribution in [0.15, 0.2) is 48.6 Å². The van der Waals surface area contributed by atoms with Crippen LogP contribution in [0.5, 0.6) is 0 Å². The summed E-state index contributed by atoms with van der Waals surface area (Å²) in [6.07, 6.45) is 9.61. The van der Waals surface area contributed by atoms with Crippen LogP contribution in [0.1, 0.15) is 17.5 Å². The van der Waals surface area contributed by atoms with Crippen molar-refractivity contribution in [2.45, 2.75) is 6.42 Å². The highest BCUT2D eigenvalue weighted by Gasteiger charge is 2.09. The van der Waals surface area contributed by atoms with Gasteiger partial charge in [-0.05, 0) is 16.7 Å². The van der Waals surface area contributed by atoms with Crippen LogP contribution in [0.4, 0.5) is 0 Å². The number of carbonyl (C=O) groups is 1. The molecule has 0 atom stereocenters. The van der Waals surface area contributed by atoms with Gasteiger partial charge in [-0.25, -0.2) is 0 Å². The number of rotatable bonds is 2. The molecule has 16 heavy (non-hydrogen) atoms. The molecule has 1 aliphatic rings. The zero-order chi connectivity index (χ0) is 11.4. The Morgan fingerprint density at radius 1 is 1.12 bits per heavy atom. The number of aliphatic carboxylic acids is 1. The van der Waals surface area contributed by atoms with Crippen LogP contribution in [0.3, 0.4) is 0 Å². The molecule has 0 spiro atoms. The second kappa shape index (κ2) is 4.62. The molecule has 0 saturated carbocycles. The van der Waals surface area contributed by atoms with Gasteiger partial charge >= 0.3 is 5.97 Å². The molecule has 1 aromatic carbocycles. The normalized spacial score (nSPS) is 17.6. The van der Waals surface area contributed by atoms with E-state index in [2.05, 4.69) is 0 Å². The highest BCUT2D eigenvalue weighted by molar-refractivity contribution is 5.87. The lowest BCUT2D eigenvalue weighted by Crippen LogP contribution is -1.98. The van der Waals surface area contributed by atoms with Crippen LogP contribution in [-0.4, -0.2) is 11.1 Å². The van der Waals surface area contributed by atoms with Crippen LogP contribution in [0.2, 0.25) is 0 Å². The summed E-state index contributed by atoms with van der Waals surface area (Å²) in [6, 6.07) is 7.81. The summed E-state index contributed by atoms with van der Waals surface area (Å²) in [5.74, 6) is -0.806. The van der Waals surface area contributed by atoms with E-state index in [4.69, 9.17) is 5.11 Å². The van der Waals surface area contributed by atoms with Crippen molar-refractivity contribution in [1.82, 2.24) is 0 Å². The van der Waals surface area contributed by atoms with Crippen LogP contribution >= 0.6 is 0 Å². The van der Waals surface area contributed by atoms with Crippen molar-refractivity contribution in [3.8, 4) is 0 Å². The van der Waals surface area contributed by atoms with E-state index in [0.29, 0.717) is 0 Å². The maximum Gasteiger partial charge on any atom is 0.307 e. The Morgan fingerprint density at radius 2 is 1.94 bits per heavy atom. The summed E-state index contributed by atoms with van der Waals surface area (Å²) in [5.41, 5.74) is 2.88. The molecule has 0 radical (unpaired) electrons. The van der Waals surface area contributed by atoms with Crippen molar-refractivity contribution in [3.05, 3.63) is 59.7 Å². The van der Waals surface area contributed by atoms with Gasteiger partial charge in [0.05, 0.1) is 6.42 Å². The Bertz CT molecular complexity index is 493. The van der Waals surface area contributed by atoms with Crippen LogP contribution in [-0.2, 0) is 4.79 Å². The molecule has 0 unspecified atom stereocenters. The van der Waals surface area contributed by atoms with Crippen LogP contribution < -0.4 is 0 Å². The van der Waals surface area contributed by atoms with Gasteiger partial charge in [-0.2, -0.15) is 0 Å². The Kier molecular flexibility index (Phi) is 3.01. The minimum atomic E-state index is -0.806. The second-order valence-electron chi connectivity index (χ2n) is 3.59. The van der Waals surface area contributed by atoms with Crippen LogP contribution in [0, 0.1) is 0 Å². The van der Waals surface area contributed by atoms with E-state index in [9.17, 15) is 4.79 Å². The molecule has 0 fully saturated rings. The quantitative estimate of drug-likeness (QED) is 0.817. The van der Waals surface area contributed by atoms with E-state index in [1.54, 1.807) is 0 Å². The van der Waals surface area contributed by atoms with Crippen molar-refractivity contribution in [2.24, 2.45) is 0 Å². The SMILES string of the molecule is O=C(O)CC1=C/C=C\C=C/c2ccccc21. The number of fused-ring (bicyclic) bond motifs is 1. The molecular weight excluding hydrogens is 200 g/mol. The van der Waals surface area contributed by atoms with E-state index >= 15 is 0 Å². The molecule has 1 aromatic rings. The summed E-state index contributed by atoms with van der Waals surface area (Å²) < 4.78 is 0. The van der Waals surface area contributed by atoms with Crippen molar-refractivity contribution in [1.29, 1.82) is 0 Å². The van der Waals surface area contributed by atoms with E-state index in [1.807, 2.05) is 54.6 Å². The maximum atomic E-state index is 10.8. The first-order valence-corrected chi connectivity index (χ1v) is 5.12. The van der Waals surface area contributed by atoms with Gasteiger partial charge in [0.15, 0.2) is 0 Å². The lowest BCUT2D eigenvalue weighted by molar-refractivity contribution is -0.135. The first-order chi connectivity index (χ1) is 7.77. The molecule has 2 rings (SSSR count). The zero-order valence-corrected chi connectivity index (χ0v) is 8.76. The van der Waals surface area contributed by atoms with Crippen LogP contribution in [0.25, 0.3) is 11.6 Å². The largest absolute Gasteiger partial charge is 0.481 e. The first kappa shape index (κ1) is 10.4. The summed E-state index contributed by atoms with van der Waals surface area (Å²) in [4.78, 5) is 10.8. The smallest absolute Gasteiger partial charge is 0.307 e. The third kappa shape index (κ3) is 2.28. The minimum absolute atomic E-state index is 0.0508. The molecule has 0 bridgehead atoms. The maximum absolute atomic E-state index is 10.8. The van der Waals surface area contributed by atoms with Gasteiger partial charge in [-0.15, -0.1) is 0 Å². The average Bonchev–Trinajstić information content (AvgIpc) is 2.24. The zero-order valence-electron chi connectivity index (χ0n) is 8.76. The molecule has 0 heterocycles. The predicted molar refractivity (Wildman–Crippen MR) is 64.8 cm³/mol. The van der Waals surface area contributed by atoms with E-state index in [1.165, 1.54) is 0 Å². The molecule has 0 amide bonds. The van der Waals surface area contributed by atoms with Gasteiger partial charge in [0.2, 0.25) is 0 Å². The Hall–Kier alpha value is -2.09. The van der Waals surface area contributed by atoms with Gasteiger partial charge in [0, 0.05) is 0 Å². The molecule has 0 saturated heterocycles. The standard InChI is InChI=1S/C14H12O2/c15-14(16)10-12-8-3-1-2-6-11-7-4-5-9-13(11)12/h1-9H,10H2,(H,15,16)/b2-1?,3-1-,6-2-,8-3?,11-6?,12-8?,13-12?. The van der Waals surface area contributed by atoms with Crippen molar-refractivity contribution >= 4 is 17.6 Å². The lowest BCUT2D eigenvalue weighted by atomic mass is 9.95. The molecule has 2 heteroatoms. The molecular formula is C14H12O2. The number of hydrogen-bond donors (Lipinski definition) is 1. The Morgan fingerprint density at radius 3 is 2.75 bits per heavy atom. The second-order valence-corrected chi connectivity index (χ2v) is 3.59. The fourth-order valence-electron chi connectivity index (χ4n) is 1.74. The topological polar surface area (TPSA) is 37.3 Å². The summed E-state index contributed by atoms with van der Waals surface area (Å²) >= 11 is 0. The molecule has 80 valence electrons. The Labute approximate surface area is 94.2 Å². The number of hydrogen-bond acceptors (Lipinski definition) is 1. The molecule has 0 aliphatic heterocycles. The average molecular weight is 212 g/mol. The minimum Gasteiger partial charge on any atom is -0.481 e. The highest BCUT2D eigenvalue weighted by Crippen LogP contribution is 2.24. The van der Waals surface area contributed by atoms with Gasteiger partial charge in [0.1, 0.15) is 0 Å². The number of benzene rings is 1. The molecule has 2 nitrogen and oxygen atoms in total. The van der Waals surface area contributed by atoms with Gasteiger partial charge in [-0.3, -0.25) is 4.79 Å². The molecule has 1 aliphatic carbocycles. The lowest BCUT2D eigenvalue weighted by Gasteiger charge is -2.09. The predicted octanol–water partition coefficient (Wildman–Crippen LogP) is 3.13. The summed E-state index contributed by atoms with van der Waals surface area (Å²) in [7, 11) is 0. The first-order valence-electron chi connectivity index (χ1n) is 5.12. The summed E-state index contributed by atoms with van der Waals surface area (Å²) in [5, 5.41) is 8.87. The van der Waals surface area contributed by atoms with Gasteiger partial charge in [0.25, 0.3) is 0 Å². The number of carboxylic acid groups (broad SMARTS) is 1. The van der Waals surface area contributed by atoms with Crippen molar-refractivity contribution < 1.29 is 9.90 Å². The van der Waals surface area contributed by atoms with Gasteiger partial charge < -0.3 is 5.11 Å². The van der Waals surface area contributed by atoms with E-state index in [-0.39, 0.29) is 6.42 Å². The Balaban J connectivity index is 2.48. The highest BCUT2D eigenvalue weighted by atomic mass is 16.4. The van der Waals surface area contributed by atoms with E-state index < -0.39 is 5.97 Å². The third-order valence-corrected chi connectivity index (χ3v) is 2.44. The van der Waals surface area contributed by atoms with Crippen molar-refractivity contribution in [3.63, 3.8) is 0 Å². The fraction of sp³-hybridized carbons (Fsp3) is 0.0714. The number of allylic oxidation sites excluding steroid dienone is 4. The molecule has 0 aromatic heterocycles. The van der Waals surface area contributed by atoms with Crippen molar-refractivity contribution in [2.75, 3.05) is 0 Å². The fourth-order valence-corrected chi connectivity index (χ4v) is 1.74. The van der Waals surface area contributed by atoms with E-state index in [0.717, 1.165) is 16.7 Å². The van der Waals surface area contributed by atoms with Gasteiger partial charge in [-0.1, -0.05) is 54.6 Å². The number of carboxylic acids is 1.